The number of halogens is 4. The molecule has 1 unspecified atom stereocenters. The summed E-state index contributed by atoms with van der Waals surface area (Å²) < 4.78 is 54.8. The van der Waals surface area contributed by atoms with Crippen molar-refractivity contribution in [1.29, 1.82) is 0 Å². The molecule has 0 spiro atoms. The van der Waals surface area contributed by atoms with Crippen molar-refractivity contribution in [3.63, 3.8) is 0 Å². The molecule has 32 heavy (non-hydrogen) atoms. The van der Waals surface area contributed by atoms with E-state index in [1.807, 2.05) is 12.1 Å². The van der Waals surface area contributed by atoms with Crippen LogP contribution in [0, 0.1) is 35.1 Å². The molecule has 2 heterocycles. The maximum atomic E-state index is 14.0. The van der Waals surface area contributed by atoms with E-state index in [1.54, 1.807) is 12.1 Å². The fourth-order valence-electron chi connectivity index (χ4n) is 5.02. The van der Waals surface area contributed by atoms with Crippen LogP contribution in [-0.2, 0) is 6.54 Å². The molecule has 4 nitrogen and oxygen atoms in total. The summed E-state index contributed by atoms with van der Waals surface area (Å²) in [4.78, 5) is 2.31. The number of hydrogen-bond donors (Lipinski definition) is 1. The molecule has 0 radical (unpaired) electrons. The minimum absolute atomic E-state index is 0.0681. The number of nitrogens with zero attached hydrogens (tertiary/aromatic N) is 3. The van der Waals surface area contributed by atoms with Crippen molar-refractivity contribution in [3.8, 4) is 11.3 Å². The van der Waals surface area contributed by atoms with Gasteiger partial charge in [0.05, 0.1) is 5.69 Å². The number of aromatic nitrogens is 2. The van der Waals surface area contributed by atoms with Crippen molar-refractivity contribution in [2.45, 2.75) is 25.4 Å². The molecule has 166 valence electrons. The molecule has 2 fully saturated rings. The molecule has 1 saturated carbocycles. The van der Waals surface area contributed by atoms with E-state index in [1.165, 1.54) is 12.1 Å². The Morgan fingerprint density at radius 3 is 2.31 bits per heavy atom. The van der Waals surface area contributed by atoms with Crippen molar-refractivity contribution < 1.29 is 17.6 Å². The van der Waals surface area contributed by atoms with Crippen LogP contribution in [0.25, 0.3) is 11.3 Å². The highest BCUT2D eigenvalue weighted by molar-refractivity contribution is 5.60. The van der Waals surface area contributed by atoms with Gasteiger partial charge in [0.1, 0.15) is 17.5 Å². The Hall–Kier alpha value is -3.00. The SMILES string of the molecule is Fc1cc(F)c(F)c(-c2ccc(NC3C[C@@H]4CN(Cc5ccccc5F)C[C@@H]4C3)nn2)c1. The molecule has 2 aromatic carbocycles. The summed E-state index contributed by atoms with van der Waals surface area (Å²) in [5.41, 5.74) is 0.539. The van der Waals surface area contributed by atoms with Gasteiger partial charge in [0.25, 0.3) is 0 Å². The van der Waals surface area contributed by atoms with Crippen LogP contribution in [-0.4, -0.2) is 34.2 Å². The van der Waals surface area contributed by atoms with Crippen molar-refractivity contribution in [2.75, 3.05) is 18.4 Å². The highest BCUT2D eigenvalue weighted by Crippen LogP contribution is 2.39. The van der Waals surface area contributed by atoms with Gasteiger partial charge in [0.2, 0.25) is 0 Å². The lowest BCUT2D eigenvalue weighted by Crippen LogP contribution is -2.25. The quantitative estimate of drug-likeness (QED) is 0.445. The van der Waals surface area contributed by atoms with Crippen LogP contribution in [0.2, 0.25) is 0 Å². The second-order valence-corrected chi connectivity index (χ2v) is 8.67. The smallest absolute Gasteiger partial charge is 0.168 e. The van der Waals surface area contributed by atoms with E-state index in [9.17, 15) is 17.6 Å². The minimum atomic E-state index is -1.26. The maximum absolute atomic E-state index is 14.0. The molecule has 0 bridgehead atoms. The minimum Gasteiger partial charge on any atom is -0.366 e. The van der Waals surface area contributed by atoms with Gasteiger partial charge in [0, 0.05) is 42.9 Å². The number of benzene rings is 2. The van der Waals surface area contributed by atoms with Crippen LogP contribution >= 0.6 is 0 Å². The largest absolute Gasteiger partial charge is 0.366 e. The molecular formula is C24H22F4N4. The predicted molar refractivity (Wildman–Crippen MR) is 113 cm³/mol. The standard InChI is InChI=1S/C24H22F4N4/c25-17-9-19(24(28)21(27)10-17)22-5-6-23(31-30-22)29-18-7-15-12-32(13-16(15)8-18)11-14-3-1-2-4-20(14)26/h1-6,9-10,15-16,18H,7-8,11-13H2,(H,29,31)/t15-,16+,18?. The Morgan fingerprint density at radius 2 is 1.62 bits per heavy atom. The van der Waals surface area contributed by atoms with Gasteiger partial charge in [-0.25, -0.2) is 17.6 Å². The lowest BCUT2D eigenvalue weighted by molar-refractivity contribution is 0.296. The van der Waals surface area contributed by atoms with E-state index in [4.69, 9.17) is 0 Å². The summed E-state index contributed by atoms with van der Waals surface area (Å²) in [6, 6.07) is 11.7. The first kappa shape index (κ1) is 20.9. The molecular weight excluding hydrogens is 420 g/mol. The molecule has 3 aromatic rings. The fraction of sp³-hybridized carbons (Fsp3) is 0.333. The molecule has 1 aromatic heterocycles. The number of anilines is 1. The molecule has 2 aliphatic rings. The molecule has 0 amide bonds. The van der Waals surface area contributed by atoms with Crippen LogP contribution in [0.4, 0.5) is 23.4 Å². The first-order valence-corrected chi connectivity index (χ1v) is 10.7. The topological polar surface area (TPSA) is 41.0 Å². The first-order valence-electron chi connectivity index (χ1n) is 10.7. The van der Waals surface area contributed by atoms with Crippen molar-refractivity contribution in [3.05, 3.63) is 77.4 Å². The molecule has 8 heteroatoms. The zero-order valence-corrected chi connectivity index (χ0v) is 17.2. The molecule has 3 atom stereocenters. The zero-order chi connectivity index (χ0) is 22.2. The van der Waals surface area contributed by atoms with E-state index in [0.29, 0.717) is 30.3 Å². The lowest BCUT2D eigenvalue weighted by atomic mass is 10.0. The average molecular weight is 442 g/mol. The van der Waals surface area contributed by atoms with E-state index in [0.717, 1.165) is 37.6 Å². The molecule has 1 saturated heterocycles. The summed E-state index contributed by atoms with van der Waals surface area (Å²) in [6.07, 6.45) is 1.96. The van der Waals surface area contributed by atoms with Crippen LogP contribution in [0.3, 0.4) is 0 Å². The summed E-state index contributed by atoms with van der Waals surface area (Å²) in [7, 11) is 0. The summed E-state index contributed by atoms with van der Waals surface area (Å²) in [6.45, 7) is 2.50. The van der Waals surface area contributed by atoms with Crippen LogP contribution in [0.15, 0.2) is 48.5 Å². The molecule has 1 N–H and O–H groups in total. The number of hydrogen-bond acceptors (Lipinski definition) is 4. The third-order valence-corrected chi connectivity index (χ3v) is 6.46. The average Bonchev–Trinajstić information content (AvgIpc) is 3.31. The maximum Gasteiger partial charge on any atom is 0.168 e. The van der Waals surface area contributed by atoms with Gasteiger partial charge in [-0.05, 0) is 48.9 Å². The third-order valence-electron chi connectivity index (χ3n) is 6.46. The molecule has 1 aliphatic heterocycles. The second-order valence-electron chi connectivity index (χ2n) is 8.67. The highest BCUT2D eigenvalue weighted by Gasteiger charge is 2.40. The number of rotatable bonds is 5. The second kappa shape index (κ2) is 8.50. The Morgan fingerprint density at radius 1 is 0.875 bits per heavy atom. The Bertz CT molecular complexity index is 1110. The predicted octanol–water partition coefficient (Wildman–Crippen LogP) is 5.02. The van der Waals surface area contributed by atoms with Gasteiger partial charge < -0.3 is 5.32 Å². The molecule has 5 rings (SSSR count). The summed E-state index contributed by atoms with van der Waals surface area (Å²) in [5, 5.41) is 11.4. The Balaban J connectivity index is 1.18. The summed E-state index contributed by atoms with van der Waals surface area (Å²) in [5.74, 6) is -1.82. The fourth-order valence-corrected chi connectivity index (χ4v) is 5.02. The van der Waals surface area contributed by atoms with Gasteiger partial charge in [-0.1, -0.05) is 18.2 Å². The van der Waals surface area contributed by atoms with Crippen LogP contribution in [0.5, 0.6) is 0 Å². The van der Waals surface area contributed by atoms with Gasteiger partial charge in [-0.3, -0.25) is 4.90 Å². The Labute approximate surface area is 183 Å². The zero-order valence-electron chi connectivity index (χ0n) is 17.2. The van der Waals surface area contributed by atoms with Gasteiger partial charge in [0.15, 0.2) is 11.6 Å². The summed E-state index contributed by atoms with van der Waals surface area (Å²) >= 11 is 0. The first-order chi connectivity index (χ1) is 15.5. The number of nitrogens with one attached hydrogen (secondary N) is 1. The Kier molecular flexibility index (Phi) is 5.55. The van der Waals surface area contributed by atoms with E-state index in [2.05, 4.69) is 20.4 Å². The van der Waals surface area contributed by atoms with Crippen LogP contribution in [0.1, 0.15) is 18.4 Å². The van der Waals surface area contributed by atoms with Crippen molar-refractivity contribution in [2.24, 2.45) is 11.8 Å². The van der Waals surface area contributed by atoms with Crippen molar-refractivity contribution >= 4 is 5.82 Å². The monoisotopic (exact) mass is 442 g/mol. The van der Waals surface area contributed by atoms with Gasteiger partial charge in [-0.15, -0.1) is 10.2 Å². The molecule has 1 aliphatic carbocycles. The number of fused-ring (bicyclic) bond motifs is 1. The third kappa shape index (κ3) is 4.19. The normalized spacial score (nSPS) is 22.8. The van der Waals surface area contributed by atoms with Crippen LogP contribution < -0.4 is 5.32 Å². The van der Waals surface area contributed by atoms with E-state index >= 15 is 0 Å². The lowest BCUT2D eigenvalue weighted by Gasteiger charge is -2.20. The van der Waals surface area contributed by atoms with E-state index in [-0.39, 0.29) is 23.1 Å². The van der Waals surface area contributed by atoms with Gasteiger partial charge >= 0.3 is 0 Å². The van der Waals surface area contributed by atoms with Gasteiger partial charge in [-0.2, -0.15) is 0 Å². The number of likely N-dealkylation sites (tertiary alicyclic amines) is 1. The van der Waals surface area contributed by atoms with E-state index < -0.39 is 17.5 Å². The highest BCUT2D eigenvalue weighted by atomic mass is 19.2. The van der Waals surface area contributed by atoms with Crippen molar-refractivity contribution in [1.82, 2.24) is 15.1 Å².